The second-order valence-corrected chi connectivity index (χ2v) is 4.74. The summed E-state index contributed by atoms with van der Waals surface area (Å²) in [6.45, 7) is 8.07. The Kier molecular flexibility index (Phi) is 6.25. The van der Waals surface area contributed by atoms with Gasteiger partial charge in [0.2, 0.25) is 0 Å². The van der Waals surface area contributed by atoms with E-state index in [1.807, 2.05) is 13.8 Å². The molecular formula is C16H23NO3. The first-order valence-electron chi connectivity index (χ1n) is 6.89. The van der Waals surface area contributed by atoms with Crippen LogP contribution in [-0.2, 0) is 0 Å². The number of carbonyl (C=O) groups excluding carboxylic acids is 1. The molecule has 2 N–H and O–H groups in total. The highest BCUT2D eigenvalue weighted by molar-refractivity contribution is 5.94. The number of amides is 1. The molecule has 0 unspecified atom stereocenters. The number of nitrogens with one attached hydrogen (secondary N) is 1. The summed E-state index contributed by atoms with van der Waals surface area (Å²) in [4.78, 5) is 12.0. The van der Waals surface area contributed by atoms with Crippen LogP contribution in [-0.4, -0.2) is 29.8 Å². The molecule has 1 rings (SSSR count). The van der Waals surface area contributed by atoms with Crippen molar-refractivity contribution in [2.24, 2.45) is 0 Å². The van der Waals surface area contributed by atoms with Crippen LogP contribution in [0.3, 0.4) is 0 Å². The molecule has 20 heavy (non-hydrogen) atoms. The van der Waals surface area contributed by atoms with Crippen molar-refractivity contribution in [3.8, 4) is 5.75 Å². The quantitative estimate of drug-likeness (QED) is 0.718. The van der Waals surface area contributed by atoms with E-state index in [9.17, 15) is 9.90 Å². The summed E-state index contributed by atoms with van der Waals surface area (Å²) >= 11 is 0. The van der Waals surface area contributed by atoms with E-state index >= 15 is 0 Å². The van der Waals surface area contributed by atoms with E-state index in [0.717, 1.165) is 0 Å². The number of ether oxygens (including phenoxy) is 1. The molecular weight excluding hydrogens is 254 g/mol. The molecule has 0 aliphatic carbocycles. The monoisotopic (exact) mass is 277 g/mol. The highest BCUT2D eigenvalue weighted by atomic mass is 16.5. The lowest BCUT2D eigenvalue weighted by molar-refractivity contribution is 0.0314. The van der Waals surface area contributed by atoms with Gasteiger partial charge >= 0.3 is 0 Å². The molecule has 4 nitrogen and oxygen atoms in total. The fourth-order valence-electron chi connectivity index (χ4n) is 1.70. The number of hydrogen-bond acceptors (Lipinski definition) is 3. The second-order valence-electron chi connectivity index (χ2n) is 4.74. The van der Waals surface area contributed by atoms with Gasteiger partial charge in [-0.25, -0.2) is 0 Å². The van der Waals surface area contributed by atoms with Gasteiger partial charge in [0, 0.05) is 12.1 Å². The summed E-state index contributed by atoms with van der Waals surface area (Å²) in [5.74, 6) is 0.501. The maximum atomic E-state index is 12.0. The topological polar surface area (TPSA) is 58.6 Å². The molecule has 0 heterocycles. The molecule has 0 saturated heterocycles. The molecule has 1 amide bonds. The molecule has 4 heteroatoms. The van der Waals surface area contributed by atoms with Gasteiger partial charge < -0.3 is 15.2 Å². The average molecular weight is 277 g/mol. The molecule has 0 atom stereocenters. The summed E-state index contributed by atoms with van der Waals surface area (Å²) in [5, 5.41) is 12.9. The van der Waals surface area contributed by atoms with Crippen molar-refractivity contribution < 1.29 is 14.6 Å². The maximum Gasteiger partial charge on any atom is 0.251 e. The summed E-state index contributed by atoms with van der Waals surface area (Å²) in [6, 6.07) is 6.88. The zero-order valence-corrected chi connectivity index (χ0v) is 12.2. The Morgan fingerprint density at radius 2 is 1.95 bits per heavy atom. The molecule has 0 bridgehead atoms. The van der Waals surface area contributed by atoms with Gasteiger partial charge in [0.15, 0.2) is 0 Å². The van der Waals surface area contributed by atoms with Crippen molar-refractivity contribution in [2.75, 3.05) is 13.2 Å². The fourth-order valence-corrected chi connectivity index (χ4v) is 1.70. The minimum atomic E-state index is -0.831. The largest absolute Gasteiger partial charge is 0.490 e. The molecule has 0 spiro atoms. The lowest BCUT2D eigenvalue weighted by Gasteiger charge is -2.25. The lowest BCUT2D eigenvalue weighted by atomic mass is 9.97. The third-order valence-electron chi connectivity index (χ3n) is 3.38. The van der Waals surface area contributed by atoms with Gasteiger partial charge in [-0.3, -0.25) is 4.79 Å². The highest BCUT2D eigenvalue weighted by Crippen LogP contribution is 2.14. The molecule has 0 aliphatic rings. The summed E-state index contributed by atoms with van der Waals surface area (Å²) in [7, 11) is 0. The van der Waals surface area contributed by atoms with Crippen molar-refractivity contribution in [1.82, 2.24) is 5.32 Å². The molecule has 1 aromatic carbocycles. The lowest BCUT2D eigenvalue weighted by Crippen LogP contribution is -2.42. The third-order valence-corrected chi connectivity index (χ3v) is 3.38. The number of rotatable bonds is 8. The maximum absolute atomic E-state index is 12.0. The van der Waals surface area contributed by atoms with Gasteiger partial charge in [0.05, 0.1) is 5.60 Å². The van der Waals surface area contributed by atoms with Gasteiger partial charge in [-0.2, -0.15) is 0 Å². The summed E-state index contributed by atoms with van der Waals surface area (Å²) < 4.78 is 5.35. The first-order chi connectivity index (χ1) is 9.54. The number of hydrogen-bond donors (Lipinski definition) is 2. The molecule has 0 saturated carbocycles. The van der Waals surface area contributed by atoms with E-state index in [1.165, 1.54) is 0 Å². The predicted molar refractivity (Wildman–Crippen MR) is 80.0 cm³/mol. The highest BCUT2D eigenvalue weighted by Gasteiger charge is 2.22. The van der Waals surface area contributed by atoms with Crippen LogP contribution in [0.25, 0.3) is 0 Å². The van der Waals surface area contributed by atoms with Crippen LogP contribution in [0, 0.1) is 0 Å². The Morgan fingerprint density at radius 3 is 2.45 bits per heavy atom. The van der Waals surface area contributed by atoms with Gasteiger partial charge in [-0.15, -0.1) is 0 Å². The van der Waals surface area contributed by atoms with Crippen LogP contribution in [0.15, 0.2) is 36.9 Å². The zero-order valence-electron chi connectivity index (χ0n) is 12.2. The third kappa shape index (κ3) is 4.70. The minimum Gasteiger partial charge on any atom is -0.490 e. The molecule has 0 aromatic heterocycles. The number of carbonyl (C=O) groups is 1. The summed E-state index contributed by atoms with van der Waals surface area (Å²) in [6.07, 6.45) is 2.88. The van der Waals surface area contributed by atoms with E-state index in [2.05, 4.69) is 11.9 Å². The van der Waals surface area contributed by atoms with E-state index < -0.39 is 5.60 Å². The van der Waals surface area contributed by atoms with Gasteiger partial charge in [-0.05, 0) is 37.1 Å². The van der Waals surface area contributed by atoms with Crippen LogP contribution in [0.5, 0.6) is 5.75 Å². The van der Waals surface area contributed by atoms with Crippen LogP contribution >= 0.6 is 0 Å². The Hall–Kier alpha value is -1.81. The standard InChI is InChI=1S/C16H23NO3/c1-4-11-20-14-9-7-13(8-10-14)15(18)17-12-16(19,5-2)6-3/h4,7-10,19H,1,5-6,11-12H2,2-3H3,(H,17,18). The fraction of sp³-hybridized carbons (Fsp3) is 0.438. The Morgan fingerprint density at radius 1 is 1.35 bits per heavy atom. The molecule has 0 fully saturated rings. The van der Waals surface area contributed by atoms with Crippen molar-refractivity contribution in [2.45, 2.75) is 32.3 Å². The number of aliphatic hydroxyl groups is 1. The minimum absolute atomic E-state index is 0.194. The smallest absolute Gasteiger partial charge is 0.251 e. The van der Waals surface area contributed by atoms with Crippen LogP contribution in [0.2, 0.25) is 0 Å². The zero-order chi connectivity index (χ0) is 15.0. The second kappa shape index (κ2) is 7.70. The van der Waals surface area contributed by atoms with Gasteiger partial charge in [0.25, 0.3) is 5.91 Å². The normalized spacial score (nSPS) is 10.9. The predicted octanol–water partition coefficient (Wildman–Crippen LogP) is 2.53. The summed E-state index contributed by atoms with van der Waals surface area (Å²) in [5.41, 5.74) is -0.284. The van der Waals surface area contributed by atoms with Crippen LogP contribution in [0.1, 0.15) is 37.0 Å². The van der Waals surface area contributed by atoms with Crippen LogP contribution < -0.4 is 10.1 Å². The van der Waals surface area contributed by atoms with E-state index in [1.54, 1.807) is 30.3 Å². The van der Waals surface area contributed by atoms with E-state index in [4.69, 9.17) is 4.74 Å². The van der Waals surface area contributed by atoms with Crippen molar-refractivity contribution in [3.63, 3.8) is 0 Å². The molecule has 0 radical (unpaired) electrons. The van der Waals surface area contributed by atoms with E-state index in [0.29, 0.717) is 30.8 Å². The SMILES string of the molecule is C=CCOc1ccc(C(=O)NCC(O)(CC)CC)cc1. The first kappa shape index (κ1) is 16.2. The molecule has 1 aromatic rings. The van der Waals surface area contributed by atoms with Gasteiger partial charge in [0.1, 0.15) is 12.4 Å². The Balaban J connectivity index is 2.57. The van der Waals surface area contributed by atoms with Crippen molar-refractivity contribution >= 4 is 5.91 Å². The van der Waals surface area contributed by atoms with Crippen molar-refractivity contribution in [3.05, 3.63) is 42.5 Å². The molecule has 110 valence electrons. The first-order valence-corrected chi connectivity index (χ1v) is 6.89. The Bertz CT molecular complexity index is 436. The molecule has 0 aliphatic heterocycles. The van der Waals surface area contributed by atoms with E-state index in [-0.39, 0.29) is 12.5 Å². The van der Waals surface area contributed by atoms with Crippen LogP contribution in [0.4, 0.5) is 0 Å². The average Bonchev–Trinajstić information content (AvgIpc) is 2.50. The number of benzene rings is 1. The van der Waals surface area contributed by atoms with Crippen molar-refractivity contribution in [1.29, 1.82) is 0 Å². The van der Waals surface area contributed by atoms with Gasteiger partial charge in [-0.1, -0.05) is 26.5 Å². The Labute approximate surface area is 120 Å².